The first-order chi connectivity index (χ1) is 50.3. The standard InChI is InChI=1S/C72H125N5O27/c1-12-99-68(80)59-47-56(16-13-18-73)46-57(48-59)17-14-19-74-66(78)58-49-63(101-60(52-95-42-38-91-34-30-87-26-22-83-8)53-96-43-39-92-35-31-88-27-23-84-9)65(100-21-15-20-75-67(79)62(77-70(82)104-72(5,6)7)51-76-69(81)103-71(2,3)4)64(50-58)102-61(54-97-44-40-93-36-32-89-28-24-85-10)55-98-45-41-94-37-33-90-29-25-86-11/h46-50,60-62H,12-45,51-55,73H2,1-11H3,(H,74,78)(H,75,79)(H,76,81)(H,77,82). The van der Waals surface area contributed by atoms with Crippen molar-refractivity contribution in [1.82, 2.24) is 21.3 Å². The molecular formula is C72H125N5O27. The van der Waals surface area contributed by atoms with Crippen LogP contribution in [0.4, 0.5) is 9.59 Å². The number of carbonyl (C=O) groups is 5. The molecule has 2 aromatic rings. The van der Waals surface area contributed by atoms with Crippen LogP contribution in [0.3, 0.4) is 0 Å². The number of hydrogen-bond donors (Lipinski definition) is 5. The van der Waals surface area contributed by atoms with E-state index in [4.69, 9.17) is 110 Å². The molecule has 1 atom stereocenters. The van der Waals surface area contributed by atoms with Crippen LogP contribution >= 0.6 is 0 Å². The molecule has 0 aromatic heterocycles. The zero-order valence-electron chi connectivity index (χ0n) is 63.8. The molecule has 0 saturated carbocycles. The highest BCUT2D eigenvalue weighted by Crippen LogP contribution is 2.41. The van der Waals surface area contributed by atoms with Crippen LogP contribution < -0.4 is 41.2 Å². The van der Waals surface area contributed by atoms with Gasteiger partial charge in [-0.25, -0.2) is 14.4 Å². The maximum absolute atomic E-state index is 14.8. The van der Waals surface area contributed by atoms with Crippen molar-refractivity contribution in [3.05, 3.63) is 52.6 Å². The molecule has 0 fully saturated rings. The van der Waals surface area contributed by atoms with Crippen molar-refractivity contribution in [2.75, 3.05) is 253 Å². The summed E-state index contributed by atoms with van der Waals surface area (Å²) in [5, 5.41) is 11.0. The fourth-order valence-corrected chi connectivity index (χ4v) is 8.83. The number of ether oxygens (including phenoxy) is 22. The summed E-state index contributed by atoms with van der Waals surface area (Å²) in [6.45, 7) is 19.9. The van der Waals surface area contributed by atoms with Gasteiger partial charge in [-0.3, -0.25) is 9.59 Å². The van der Waals surface area contributed by atoms with E-state index in [1.54, 1.807) is 83.0 Å². The second-order valence-corrected chi connectivity index (χ2v) is 25.0. The van der Waals surface area contributed by atoms with Crippen molar-refractivity contribution in [3.63, 3.8) is 0 Å². The van der Waals surface area contributed by atoms with Gasteiger partial charge >= 0.3 is 18.2 Å². The Morgan fingerprint density at radius 3 is 1.18 bits per heavy atom. The summed E-state index contributed by atoms with van der Waals surface area (Å²) in [7, 11) is 6.38. The van der Waals surface area contributed by atoms with E-state index in [0.717, 1.165) is 17.5 Å². The van der Waals surface area contributed by atoms with Crippen LogP contribution in [0.5, 0.6) is 17.2 Å². The molecule has 0 aliphatic carbocycles. The maximum Gasteiger partial charge on any atom is 0.408 e. The normalized spacial score (nSPS) is 12.0. The number of hydrogen-bond acceptors (Lipinski definition) is 28. The minimum absolute atomic E-state index is 0.00716. The topological polar surface area (TPSA) is 363 Å². The zero-order valence-corrected chi connectivity index (χ0v) is 63.8. The number of alkyl carbamates (subject to hydrolysis) is 2. The van der Waals surface area contributed by atoms with E-state index in [0.29, 0.717) is 137 Å². The van der Waals surface area contributed by atoms with E-state index in [-0.39, 0.29) is 141 Å². The van der Waals surface area contributed by atoms with Gasteiger partial charge in [0.15, 0.2) is 11.5 Å². The molecule has 0 bridgehead atoms. The van der Waals surface area contributed by atoms with Crippen molar-refractivity contribution >= 4 is 30.0 Å². The van der Waals surface area contributed by atoms with Crippen LogP contribution in [-0.4, -0.2) is 312 Å². The zero-order chi connectivity index (χ0) is 76.2. The molecule has 0 radical (unpaired) electrons. The lowest BCUT2D eigenvalue weighted by Gasteiger charge is -2.26. The van der Waals surface area contributed by atoms with Crippen LogP contribution in [0.1, 0.15) is 99.6 Å². The van der Waals surface area contributed by atoms with Gasteiger partial charge in [0.1, 0.15) is 29.5 Å². The summed E-state index contributed by atoms with van der Waals surface area (Å²) in [5.74, 6) is -1.45. The first-order valence-electron chi connectivity index (χ1n) is 35.8. The maximum atomic E-state index is 14.8. The second kappa shape index (κ2) is 61.2. The monoisotopic (exact) mass is 1490 g/mol. The van der Waals surface area contributed by atoms with Crippen LogP contribution in [0, 0.1) is 0 Å². The fourth-order valence-electron chi connectivity index (χ4n) is 8.83. The molecule has 4 amide bonds. The lowest BCUT2D eigenvalue weighted by atomic mass is 9.99. The van der Waals surface area contributed by atoms with Gasteiger partial charge in [0, 0.05) is 47.1 Å². The third-order valence-corrected chi connectivity index (χ3v) is 13.7. The highest BCUT2D eigenvalue weighted by Gasteiger charge is 2.28. The number of amides is 4. The molecule has 0 saturated heterocycles. The molecule has 600 valence electrons. The summed E-state index contributed by atoms with van der Waals surface area (Å²) in [6, 6.07) is 7.41. The summed E-state index contributed by atoms with van der Waals surface area (Å²) in [5.41, 5.74) is 6.49. The lowest BCUT2D eigenvalue weighted by Crippen LogP contribution is -2.54. The predicted octanol–water partition coefficient (Wildman–Crippen LogP) is 4.70. The Bertz CT molecular complexity index is 2410. The SMILES string of the molecule is CCOC(=O)c1cc(CCCN)cc(CCCNC(=O)c2cc(OC(COCCOCCOCCOC)COCCOCCOCCOC)c(OCCCNC(=O)C(CNC(=O)OC(C)(C)C)NC(=O)OC(C)(C)C)c(OC(COCCOCCOCCOC)COCCOCCOCCOC)c2)c1. The Hall–Kier alpha value is -5.89. The average Bonchev–Trinajstić information content (AvgIpc) is 0.807. The lowest BCUT2D eigenvalue weighted by molar-refractivity contribution is -0.123. The van der Waals surface area contributed by atoms with Gasteiger partial charge in [0.2, 0.25) is 11.7 Å². The van der Waals surface area contributed by atoms with Gasteiger partial charge < -0.3 is 131 Å². The summed E-state index contributed by atoms with van der Waals surface area (Å²) < 4.78 is 127. The Morgan fingerprint density at radius 1 is 0.423 bits per heavy atom. The first-order valence-corrected chi connectivity index (χ1v) is 35.8. The minimum atomic E-state index is -1.29. The molecule has 0 spiro atoms. The molecule has 0 heterocycles. The summed E-state index contributed by atoms with van der Waals surface area (Å²) in [4.78, 5) is 67.4. The quantitative estimate of drug-likeness (QED) is 0.0340. The molecule has 0 aliphatic heterocycles. The van der Waals surface area contributed by atoms with Gasteiger partial charge in [-0.1, -0.05) is 6.07 Å². The Balaban J connectivity index is 2.79. The number of methoxy groups -OCH3 is 4. The van der Waals surface area contributed by atoms with Crippen molar-refractivity contribution in [1.29, 1.82) is 0 Å². The van der Waals surface area contributed by atoms with Crippen molar-refractivity contribution < 1.29 is 128 Å². The number of esters is 1. The van der Waals surface area contributed by atoms with Crippen molar-refractivity contribution in [2.24, 2.45) is 5.73 Å². The predicted molar refractivity (Wildman–Crippen MR) is 384 cm³/mol. The molecule has 104 heavy (non-hydrogen) atoms. The number of aryl methyl sites for hydroxylation is 2. The number of benzene rings is 2. The smallest absolute Gasteiger partial charge is 0.408 e. The van der Waals surface area contributed by atoms with E-state index in [2.05, 4.69) is 21.3 Å². The molecule has 0 aliphatic rings. The van der Waals surface area contributed by atoms with Crippen LogP contribution in [0.15, 0.2) is 30.3 Å². The first kappa shape index (κ1) is 94.2. The van der Waals surface area contributed by atoms with Crippen LogP contribution in [0.2, 0.25) is 0 Å². The Morgan fingerprint density at radius 2 is 0.798 bits per heavy atom. The van der Waals surface area contributed by atoms with Gasteiger partial charge in [-0.05, 0) is 123 Å². The fraction of sp³-hybridized carbons (Fsp3) is 0.764. The third kappa shape index (κ3) is 50.6. The van der Waals surface area contributed by atoms with Crippen LogP contribution in [-0.2, 0) is 108 Å². The van der Waals surface area contributed by atoms with Crippen molar-refractivity contribution in [3.8, 4) is 17.2 Å². The highest BCUT2D eigenvalue weighted by molar-refractivity contribution is 5.95. The minimum Gasteiger partial charge on any atom is -0.486 e. The molecule has 2 aromatic carbocycles. The molecule has 32 nitrogen and oxygen atoms in total. The number of nitrogens with one attached hydrogen (secondary N) is 4. The largest absolute Gasteiger partial charge is 0.486 e. The molecule has 1 unspecified atom stereocenters. The third-order valence-electron chi connectivity index (χ3n) is 13.7. The van der Waals surface area contributed by atoms with Gasteiger partial charge in [-0.15, -0.1) is 0 Å². The summed E-state index contributed by atoms with van der Waals surface area (Å²) >= 11 is 0. The molecular weight excluding hydrogens is 1370 g/mol. The molecule has 2 rings (SSSR count). The Labute approximate surface area is 615 Å². The highest BCUT2D eigenvalue weighted by atomic mass is 16.6. The van der Waals surface area contributed by atoms with Gasteiger partial charge in [0.25, 0.3) is 5.91 Å². The molecule has 6 N–H and O–H groups in total. The van der Waals surface area contributed by atoms with E-state index in [9.17, 15) is 24.0 Å². The van der Waals surface area contributed by atoms with E-state index in [1.807, 2.05) is 12.1 Å². The second-order valence-electron chi connectivity index (χ2n) is 25.0. The van der Waals surface area contributed by atoms with Crippen LogP contribution in [0.25, 0.3) is 0 Å². The molecule has 32 heteroatoms. The van der Waals surface area contributed by atoms with Gasteiger partial charge in [-0.2, -0.15) is 0 Å². The average molecular weight is 1490 g/mol. The number of rotatable bonds is 67. The van der Waals surface area contributed by atoms with E-state index in [1.165, 1.54) is 12.1 Å². The van der Waals surface area contributed by atoms with Gasteiger partial charge in [0.05, 0.1) is 210 Å². The van der Waals surface area contributed by atoms with Crippen molar-refractivity contribution in [2.45, 2.75) is 110 Å². The number of nitrogens with two attached hydrogens (primary N) is 1. The summed E-state index contributed by atoms with van der Waals surface area (Å²) in [6.07, 6.45) is -0.909. The number of carbonyl (C=O) groups excluding carboxylic acids is 5. The van der Waals surface area contributed by atoms with E-state index >= 15 is 0 Å². The Kier molecular flexibility index (Phi) is 55.4. The van der Waals surface area contributed by atoms with E-state index < -0.39 is 59.4 Å².